The smallest absolute Gasteiger partial charge is 0.399 e. The maximum atomic E-state index is 12.7. The Labute approximate surface area is 109 Å². The van der Waals surface area contributed by atoms with E-state index in [2.05, 4.69) is 10.5 Å². The van der Waals surface area contributed by atoms with Gasteiger partial charge < -0.3 is 10.2 Å². The van der Waals surface area contributed by atoms with Crippen LogP contribution in [-0.2, 0) is 11.0 Å². The third-order valence-electron chi connectivity index (χ3n) is 3.15. The summed E-state index contributed by atoms with van der Waals surface area (Å²) < 4.78 is 38.2. The maximum absolute atomic E-state index is 12.7. The van der Waals surface area contributed by atoms with Gasteiger partial charge >= 0.3 is 6.18 Å². The summed E-state index contributed by atoms with van der Waals surface area (Å²) in [5.41, 5.74) is 1.00. The Morgan fingerprint density at radius 3 is 2.74 bits per heavy atom. The van der Waals surface area contributed by atoms with Crippen LogP contribution in [0.5, 0.6) is 0 Å². The number of hydrogen-bond acceptors (Lipinski definition) is 3. The van der Waals surface area contributed by atoms with Crippen LogP contribution in [0.25, 0.3) is 0 Å². The van der Waals surface area contributed by atoms with Gasteiger partial charge in [0.15, 0.2) is 0 Å². The molecule has 1 aliphatic heterocycles. The molecule has 0 spiro atoms. The Morgan fingerprint density at radius 2 is 2.16 bits per heavy atom. The third kappa shape index (κ3) is 2.83. The largest absolute Gasteiger partial charge is 0.416 e. The van der Waals surface area contributed by atoms with Crippen molar-refractivity contribution in [2.45, 2.75) is 32.0 Å². The summed E-state index contributed by atoms with van der Waals surface area (Å²) in [6.07, 6.45) is -2.93. The van der Waals surface area contributed by atoms with Gasteiger partial charge in [0, 0.05) is 23.7 Å². The average Bonchev–Trinajstić information content (AvgIpc) is 2.37. The van der Waals surface area contributed by atoms with Crippen molar-refractivity contribution in [3.8, 4) is 0 Å². The molecule has 1 atom stereocenters. The van der Waals surface area contributed by atoms with E-state index in [0.29, 0.717) is 23.4 Å². The molecule has 0 bridgehead atoms. The number of nitrogens with zero attached hydrogens (tertiary/aromatic N) is 1. The van der Waals surface area contributed by atoms with E-state index in [0.717, 1.165) is 18.6 Å². The number of halogens is 3. The lowest BCUT2D eigenvalue weighted by molar-refractivity contribution is -0.137. The molecule has 0 fully saturated rings. The number of fused-ring (bicyclic) bond motifs is 1. The lowest BCUT2D eigenvalue weighted by atomic mass is 9.93. The predicted octanol–water partition coefficient (Wildman–Crippen LogP) is 3.65. The zero-order chi connectivity index (χ0) is 14.0. The molecular weight excluding hydrogens is 257 g/mol. The Balaban J connectivity index is 2.47. The van der Waals surface area contributed by atoms with Gasteiger partial charge in [-0.25, -0.2) is 0 Å². The van der Waals surface area contributed by atoms with Crippen molar-refractivity contribution in [1.29, 1.82) is 0 Å². The third-order valence-corrected chi connectivity index (χ3v) is 3.15. The Morgan fingerprint density at radius 1 is 1.42 bits per heavy atom. The van der Waals surface area contributed by atoms with Gasteiger partial charge in [0.1, 0.15) is 7.11 Å². The number of hydrogen-bond donors (Lipinski definition) is 1. The molecule has 0 amide bonds. The standard InChI is InChI=1S/C13H15F3N2O/c1-3-9-7-12(18-19-2)10-6-8(13(14,15)16)4-5-11(10)17-9/h4-6,9,17H,3,7H2,1-2H3/b18-12+. The highest BCUT2D eigenvalue weighted by Crippen LogP contribution is 2.34. The van der Waals surface area contributed by atoms with E-state index < -0.39 is 11.7 Å². The van der Waals surface area contributed by atoms with Crippen molar-refractivity contribution in [3.05, 3.63) is 29.3 Å². The first-order valence-corrected chi connectivity index (χ1v) is 6.04. The fourth-order valence-corrected chi connectivity index (χ4v) is 2.14. The highest BCUT2D eigenvalue weighted by atomic mass is 19.4. The lowest BCUT2D eigenvalue weighted by Crippen LogP contribution is -2.29. The molecule has 1 aromatic carbocycles. The average molecular weight is 272 g/mol. The second kappa shape index (κ2) is 5.11. The second-order valence-corrected chi connectivity index (χ2v) is 4.43. The van der Waals surface area contributed by atoms with E-state index in [9.17, 15) is 13.2 Å². The molecule has 1 heterocycles. The SMILES string of the molecule is CCC1C/C(=N\OC)c2cc(C(F)(F)F)ccc2N1. The van der Waals surface area contributed by atoms with Gasteiger partial charge in [-0.05, 0) is 24.6 Å². The van der Waals surface area contributed by atoms with Crippen molar-refractivity contribution in [1.82, 2.24) is 0 Å². The van der Waals surface area contributed by atoms with Crippen LogP contribution in [0.2, 0.25) is 0 Å². The van der Waals surface area contributed by atoms with Crippen LogP contribution < -0.4 is 5.32 Å². The molecule has 2 rings (SSSR count). The Bertz CT molecular complexity index is 497. The fraction of sp³-hybridized carbons (Fsp3) is 0.462. The first-order valence-electron chi connectivity index (χ1n) is 6.04. The van der Waals surface area contributed by atoms with Gasteiger partial charge in [-0.1, -0.05) is 12.1 Å². The number of oxime groups is 1. The highest BCUT2D eigenvalue weighted by Gasteiger charge is 2.33. The monoisotopic (exact) mass is 272 g/mol. The van der Waals surface area contributed by atoms with Crippen LogP contribution in [0.15, 0.2) is 23.4 Å². The first kappa shape index (κ1) is 13.7. The van der Waals surface area contributed by atoms with Gasteiger partial charge in [-0.15, -0.1) is 0 Å². The lowest BCUT2D eigenvalue weighted by Gasteiger charge is -2.27. The van der Waals surface area contributed by atoms with Crippen LogP contribution in [0.4, 0.5) is 18.9 Å². The van der Waals surface area contributed by atoms with Gasteiger partial charge in [-0.2, -0.15) is 13.2 Å². The zero-order valence-electron chi connectivity index (χ0n) is 10.7. The van der Waals surface area contributed by atoms with Crippen LogP contribution >= 0.6 is 0 Å². The number of nitrogens with one attached hydrogen (secondary N) is 1. The molecule has 1 aromatic rings. The normalized spacial score (nSPS) is 20.9. The van der Waals surface area contributed by atoms with Crippen LogP contribution in [0, 0.1) is 0 Å². The van der Waals surface area contributed by atoms with Gasteiger partial charge in [0.2, 0.25) is 0 Å². The highest BCUT2D eigenvalue weighted by molar-refractivity contribution is 6.07. The van der Waals surface area contributed by atoms with E-state index >= 15 is 0 Å². The summed E-state index contributed by atoms with van der Waals surface area (Å²) in [4.78, 5) is 4.74. The predicted molar refractivity (Wildman–Crippen MR) is 67.3 cm³/mol. The van der Waals surface area contributed by atoms with E-state index in [4.69, 9.17) is 4.84 Å². The molecule has 1 N–H and O–H groups in total. The van der Waals surface area contributed by atoms with Crippen molar-refractivity contribution in [2.24, 2.45) is 5.16 Å². The summed E-state index contributed by atoms with van der Waals surface area (Å²) >= 11 is 0. The molecule has 0 aromatic heterocycles. The van der Waals surface area contributed by atoms with Crippen LogP contribution in [0.3, 0.4) is 0 Å². The maximum Gasteiger partial charge on any atom is 0.416 e. The molecule has 19 heavy (non-hydrogen) atoms. The van der Waals surface area contributed by atoms with Crippen LogP contribution in [0.1, 0.15) is 30.9 Å². The van der Waals surface area contributed by atoms with E-state index in [-0.39, 0.29) is 6.04 Å². The number of anilines is 1. The molecule has 0 aliphatic carbocycles. The quantitative estimate of drug-likeness (QED) is 0.834. The van der Waals surface area contributed by atoms with Crippen molar-refractivity contribution in [2.75, 3.05) is 12.4 Å². The molecule has 0 saturated carbocycles. The summed E-state index contributed by atoms with van der Waals surface area (Å²) in [5, 5.41) is 7.07. The molecule has 6 heteroatoms. The van der Waals surface area contributed by atoms with Crippen LogP contribution in [-0.4, -0.2) is 18.9 Å². The van der Waals surface area contributed by atoms with Gasteiger partial charge in [0.25, 0.3) is 0 Å². The van der Waals surface area contributed by atoms with Crippen molar-refractivity contribution < 1.29 is 18.0 Å². The minimum absolute atomic E-state index is 0.165. The fourth-order valence-electron chi connectivity index (χ4n) is 2.14. The minimum atomic E-state index is -4.35. The Kier molecular flexibility index (Phi) is 3.68. The van der Waals surface area contributed by atoms with Gasteiger partial charge in [-0.3, -0.25) is 0 Å². The molecular formula is C13H15F3N2O. The topological polar surface area (TPSA) is 33.6 Å². The number of rotatable bonds is 2. The van der Waals surface area contributed by atoms with E-state index in [1.54, 1.807) is 0 Å². The van der Waals surface area contributed by atoms with Gasteiger partial charge in [0.05, 0.1) is 11.3 Å². The molecule has 104 valence electrons. The minimum Gasteiger partial charge on any atom is -0.399 e. The molecule has 0 radical (unpaired) electrons. The Hall–Kier alpha value is -1.72. The van der Waals surface area contributed by atoms with E-state index in [1.165, 1.54) is 13.2 Å². The summed E-state index contributed by atoms with van der Waals surface area (Å²) in [7, 11) is 1.39. The van der Waals surface area contributed by atoms with Crippen molar-refractivity contribution in [3.63, 3.8) is 0 Å². The molecule has 1 unspecified atom stereocenters. The molecule has 3 nitrogen and oxygen atoms in total. The number of alkyl halides is 3. The summed E-state index contributed by atoms with van der Waals surface area (Å²) in [5.74, 6) is 0. The molecule has 0 saturated heterocycles. The van der Waals surface area contributed by atoms with E-state index in [1.807, 2.05) is 6.92 Å². The first-order chi connectivity index (χ1) is 8.95. The second-order valence-electron chi connectivity index (χ2n) is 4.43. The summed E-state index contributed by atoms with van der Waals surface area (Å²) in [6, 6.07) is 3.81. The zero-order valence-corrected chi connectivity index (χ0v) is 10.7. The summed E-state index contributed by atoms with van der Waals surface area (Å²) in [6.45, 7) is 2.01. The van der Waals surface area contributed by atoms with Crippen molar-refractivity contribution >= 4 is 11.4 Å². The number of benzene rings is 1. The molecule has 1 aliphatic rings.